The average Bonchev–Trinajstić information content (AvgIpc) is 2.69. The molecule has 3 rings (SSSR count). The molecule has 0 fully saturated rings. The second kappa shape index (κ2) is 8.80. The van der Waals surface area contributed by atoms with Crippen molar-refractivity contribution in [3.05, 3.63) is 95.6 Å². The predicted molar refractivity (Wildman–Crippen MR) is 105 cm³/mol. The predicted octanol–water partition coefficient (Wildman–Crippen LogP) is 3.19. The summed E-state index contributed by atoms with van der Waals surface area (Å²) in [6.07, 6.45) is 1.26. The number of rotatable bonds is 7. The molecule has 150 valence electrons. The van der Waals surface area contributed by atoms with Gasteiger partial charge in [-0.3, -0.25) is 19.7 Å². The molecule has 0 unspecified atom stereocenters. The summed E-state index contributed by atoms with van der Waals surface area (Å²) in [7, 11) is -3.80. The standard InChI is InChI=1S/C20H18FN3O4S/c21-17-8-6-16(7-9-17)14-29(27,28)23-18-10-11-22-19(12-18)20(25)24(26)13-15-4-2-1-3-5-15/h1-12,26H,13-14H2,(H,22,23). The molecule has 0 bridgehead atoms. The second-order valence-corrected chi connectivity index (χ2v) is 7.99. The van der Waals surface area contributed by atoms with Crippen molar-refractivity contribution in [1.29, 1.82) is 0 Å². The first-order valence-corrected chi connectivity index (χ1v) is 10.2. The van der Waals surface area contributed by atoms with Gasteiger partial charge >= 0.3 is 0 Å². The van der Waals surface area contributed by atoms with Crippen LogP contribution in [0, 0.1) is 5.82 Å². The summed E-state index contributed by atoms with van der Waals surface area (Å²) >= 11 is 0. The van der Waals surface area contributed by atoms with Gasteiger partial charge in [0.05, 0.1) is 18.0 Å². The van der Waals surface area contributed by atoms with Gasteiger partial charge in [0.25, 0.3) is 5.91 Å². The van der Waals surface area contributed by atoms with Gasteiger partial charge in [0, 0.05) is 6.20 Å². The van der Waals surface area contributed by atoms with Crippen molar-refractivity contribution in [3.63, 3.8) is 0 Å². The summed E-state index contributed by atoms with van der Waals surface area (Å²) in [4.78, 5) is 16.3. The van der Waals surface area contributed by atoms with E-state index in [9.17, 15) is 22.8 Å². The molecule has 7 nitrogen and oxygen atoms in total. The van der Waals surface area contributed by atoms with Crippen LogP contribution in [0.1, 0.15) is 21.6 Å². The average molecular weight is 415 g/mol. The van der Waals surface area contributed by atoms with E-state index in [2.05, 4.69) is 9.71 Å². The van der Waals surface area contributed by atoms with Crippen LogP contribution >= 0.6 is 0 Å². The largest absolute Gasteiger partial charge is 0.296 e. The lowest BCUT2D eigenvalue weighted by atomic mass is 10.2. The van der Waals surface area contributed by atoms with E-state index in [4.69, 9.17) is 0 Å². The molecule has 1 heterocycles. The van der Waals surface area contributed by atoms with Gasteiger partial charge in [0.2, 0.25) is 10.0 Å². The van der Waals surface area contributed by atoms with Crippen LogP contribution in [0.2, 0.25) is 0 Å². The fraction of sp³-hybridized carbons (Fsp3) is 0.100. The zero-order valence-corrected chi connectivity index (χ0v) is 16.0. The molecule has 0 radical (unpaired) electrons. The Balaban J connectivity index is 1.69. The van der Waals surface area contributed by atoms with Crippen LogP contribution in [0.3, 0.4) is 0 Å². The number of hydroxylamine groups is 2. The topological polar surface area (TPSA) is 99.6 Å². The molecule has 0 atom stereocenters. The Morgan fingerprint density at radius 1 is 1.03 bits per heavy atom. The highest BCUT2D eigenvalue weighted by molar-refractivity contribution is 7.91. The normalized spacial score (nSPS) is 11.1. The zero-order valence-electron chi connectivity index (χ0n) is 15.2. The quantitative estimate of drug-likeness (QED) is 0.456. The third-order valence-electron chi connectivity index (χ3n) is 3.93. The van der Waals surface area contributed by atoms with E-state index in [1.54, 1.807) is 24.3 Å². The maximum Gasteiger partial charge on any atom is 0.296 e. The number of sulfonamides is 1. The summed E-state index contributed by atoms with van der Waals surface area (Å²) < 4.78 is 40.0. The molecular formula is C20H18FN3O4S. The Morgan fingerprint density at radius 2 is 1.72 bits per heavy atom. The molecule has 1 amide bonds. The number of carbonyl (C=O) groups excluding carboxylic acids is 1. The molecule has 2 N–H and O–H groups in total. The smallest absolute Gasteiger partial charge is 0.285 e. The Kier molecular flexibility index (Phi) is 6.20. The van der Waals surface area contributed by atoms with Crippen molar-refractivity contribution in [2.75, 3.05) is 4.72 Å². The molecule has 3 aromatic rings. The van der Waals surface area contributed by atoms with Crippen molar-refractivity contribution in [2.45, 2.75) is 12.3 Å². The molecule has 9 heteroatoms. The Bertz CT molecular complexity index is 1090. The van der Waals surface area contributed by atoms with Gasteiger partial charge in [-0.2, -0.15) is 0 Å². The second-order valence-electron chi connectivity index (χ2n) is 6.27. The lowest BCUT2D eigenvalue weighted by Crippen LogP contribution is -2.27. The van der Waals surface area contributed by atoms with Gasteiger partial charge in [-0.15, -0.1) is 0 Å². The van der Waals surface area contributed by atoms with E-state index in [0.29, 0.717) is 10.6 Å². The van der Waals surface area contributed by atoms with E-state index in [-0.39, 0.29) is 23.7 Å². The van der Waals surface area contributed by atoms with Gasteiger partial charge in [-0.25, -0.2) is 17.9 Å². The zero-order chi connectivity index (χ0) is 20.9. The first-order valence-electron chi connectivity index (χ1n) is 8.58. The molecule has 2 aromatic carbocycles. The lowest BCUT2D eigenvalue weighted by molar-refractivity contribution is -0.0652. The van der Waals surface area contributed by atoms with Crippen molar-refractivity contribution in [3.8, 4) is 0 Å². The van der Waals surface area contributed by atoms with Crippen molar-refractivity contribution >= 4 is 21.6 Å². The minimum absolute atomic E-state index is 0.0398. The highest BCUT2D eigenvalue weighted by Gasteiger charge is 2.18. The van der Waals surface area contributed by atoms with E-state index in [1.807, 2.05) is 6.07 Å². The Labute approximate surface area is 167 Å². The molecule has 0 saturated carbocycles. The lowest BCUT2D eigenvalue weighted by Gasteiger charge is -2.15. The summed E-state index contributed by atoms with van der Waals surface area (Å²) in [5.74, 6) is -1.59. The number of carbonyl (C=O) groups is 1. The van der Waals surface area contributed by atoms with Crippen LogP contribution in [-0.4, -0.2) is 29.6 Å². The van der Waals surface area contributed by atoms with Gasteiger partial charge in [-0.05, 0) is 35.4 Å². The van der Waals surface area contributed by atoms with Crippen LogP contribution in [0.15, 0.2) is 72.9 Å². The number of pyridine rings is 1. The summed E-state index contributed by atoms with van der Waals surface area (Å²) in [5, 5.41) is 10.5. The molecule has 1 aromatic heterocycles. The fourth-order valence-electron chi connectivity index (χ4n) is 2.59. The maximum absolute atomic E-state index is 13.0. The monoisotopic (exact) mass is 415 g/mol. The number of halogens is 1. The first kappa shape index (κ1) is 20.4. The summed E-state index contributed by atoms with van der Waals surface area (Å²) in [5.41, 5.74) is 1.14. The minimum Gasteiger partial charge on any atom is -0.285 e. The molecule has 29 heavy (non-hydrogen) atoms. The van der Waals surface area contributed by atoms with Crippen LogP contribution < -0.4 is 4.72 Å². The Hall–Kier alpha value is -3.30. The van der Waals surface area contributed by atoms with Crippen molar-refractivity contribution < 1.29 is 22.8 Å². The number of nitrogens with one attached hydrogen (secondary N) is 1. The summed E-state index contributed by atoms with van der Waals surface area (Å²) in [6, 6.07) is 16.6. The van der Waals surface area contributed by atoms with E-state index >= 15 is 0 Å². The van der Waals surface area contributed by atoms with Gasteiger partial charge < -0.3 is 0 Å². The SMILES string of the molecule is O=C(c1cc(NS(=O)(=O)Cc2ccc(F)cc2)ccn1)N(O)Cc1ccccc1. The minimum atomic E-state index is -3.80. The number of anilines is 1. The van der Waals surface area contributed by atoms with Crippen molar-refractivity contribution in [2.24, 2.45) is 0 Å². The van der Waals surface area contributed by atoms with Crippen LogP contribution in [-0.2, 0) is 22.3 Å². The molecular weight excluding hydrogens is 397 g/mol. The number of nitrogens with zero attached hydrogens (tertiary/aromatic N) is 2. The number of hydrogen-bond donors (Lipinski definition) is 2. The van der Waals surface area contributed by atoms with Gasteiger partial charge in [0.15, 0.2) is 0 Å². The van der Waals surface area contributed by atoms with E-state index < -0.39 is 21.7 Å². The van der Waals surface area contributed by atoms with Crippen molar-refractivity contribution in [1.82, 2.24) is 10.0 Å². The highest BCUT2D eigenvalue weighted by Crippen LogP contribution is 2.15. The maximum atomic E-state index is 13.0. The van der Waals surface area contributed by atoms with Gasteiger partial charge in [-0.1, -0.05) is 42.5 Å². The molecule has 0 aliphatic carbocycles. The molecule has 0 aliphatic rings. The van der Waals surface area contributed by atoms with Crippen LogP contribution in [0.25, 0.3) is 0 Å². The molecule has 0 aliphatic heterocycles. The third kappa shape index (κ3) is 5.84. The van der Waals surface area contributed by atoms with Gasteiger partial charge in [0.1, 0.15) is 11.5 Å². The number of amides is 1. The number of aromatic nitrogens is 1. The van der Waals surface area contributed by atoms with Crippen LogP contribution in [0.4, 0.5) is 10.1 Å². The number of hydrogen-bond acceptors (Lipinski definition) is 5. The highest BCUT2D eigenvalue weighted by atomic mass is 32.2. The third-order valence-corrected chi connectivity index (χ3v) is 5.19. The summed E-state index contributed by atoms with van der Waals surface area (Å²) in [6.45, 7) is -0.0398. The first-order chi connectivity index (χ1) is 13.8. The van der Waals surface area contributed by atoms with Crippen LogP contribution in [0.5, 0.6) is 0 Å². The number of benzene rings is 2. The van der Waals surface area contributed by atoms with E-state index in [0.717, 1.165) is 5.56 Å². The fourth-order valence-corrected chi connectivity index (χ4v) is 3.78. The molecule has 0 saturated heterocycles. The molecule has 0 spiro atoms. The van der Waals surface area contributed by atoms with E-state index in [1.165, 1.54) is 42.6 Å². The Morgan fingerprint density at radius 3 is 2.41 bits per heavy atom.